The van der Waals surface area contributed by atoms with Gasteiger partial charge in [-0.1, -0.05) is 0 Å². The summed E-state index contributed by atoms with van der Waals surface area (Å²) >= 11 is 0. The van der Waals surface area contributed by atoms with E-state index in [0.717, 1.165) is 37.7 Å². The monoisotopic (exact) mass is 222 g/mol. The number of hydrogen-bond donors (Lipinski definition) is 0. The molecular formula is C13H18O3. The fourth-order valence-corrected chi connectivity index (χ4v) is 3.05. The molecule has 2 rings (SSSR count). The summed E-state index contributed by atoms with van der Waals surface area (Å²) in [6.45, 7) is 2.19. The van der Waals surface area contributed by atoms with E-state index in [1.807, 2.05) is 0 Å². The number of ketones is 1. The van der Waals surface area contributed by atoms with Crippen molar-refractivity contribution in [2.45, 2.75) is 45.4 Å². The van der Waals surface area contributed by atoms with Crippen molar-refractivity contribution in [2.75, 3.05) is 6.61 Å². The van der Waals surface area contributed by atoms with Gasteiger partial charge in [0.1, 0.15) is 5.78 Å². The Labute approximate surface area is 95.9 Å². The Kier molecular flexibility index (Phi) is 3.13. The zero-order valence-corrected chi connectivity index (χ0v) is 9.75. The van der Waals surface area contributed by atoms with E-state index in [-0.39, 0.29) is 11.4 Å². The second-order valence-electron chi connectivity index (χ2n) is 4.63. The first kappa shape index (κ1) is 11.4. The van der Waals surface area contributed by atoms with Crippen molar-refractivity contribution in [2.24, 2.45) is 5.41 Å². The maximum absolute atomic E-state index is 12.0. The molecule has 3 heteroatoms. The van der Waals surface area contributed by atoms with E-state index in [0.29, 0.717) is 18.8 Å². The first-order valence-corrected chi connectivity index (χ1v) is 6.10. The molecule has 0 saturated heterocycles. The topological polar surface area (TPSA) is 43.4 Å². The molecule has 88 valence electrons. The van der Waals surface area contributed by atoms with Gasteiger partial charge in [0.05, 0.1) is 12.0 Å². The second kappa shape index (κ2) is 4.40. The van der Waals surface area contributed by atoms with Crippen LogP contribution in [0, 0.1) is 5.41 Å². The van der Waals surface area contributed by atoms with Crippen LogP contribution in [-0.2, 0) is 14.3 Å². The first-order valence-electron chi connectivity index (χ1n) is 6.10. The minimum Gasteiger partial charge on any atom is -0.463 e. The third kappa shape index (κ3) is 1.79. The lowest BCUT2D eigenvalue weighted by molar-refractivity contribution is -0.137. The molecule has 1 unspecified atom stereocenters. The number of carbonyl (C=O) groups excluding carboxylic acids is 2. The smallest absolute Gasteiger partial charge is 0.330 e. The maximum atomic E-state index is 12.0. The van der Waals surface area contributed by atoms with Crippen molar-refractivity contribution in [1.82, 2.24) is 0 Å². The molecule has 0 N–H and O–H groups in total. The van der Waals surface area contributed by atoms with Gasteiger partial charge in [-0.25, -0.2) is 4.79 Å². The summed E-state index contributed by atoms with van der Waals surface area (Å²) in [5, 5.41) is 0. The fraction of sp³-hybridized carbons (Fsp3) is 0.692. The standard InChI is InChI=1S/C13H18O3/c1-2-16-12(15)9-10-5-3-7-13(10)8-4-6-11(13)14/h9H,2-8H2,1H3/b10-9+. The Hall–Kier alpha value is -1.12. The average molecular weight is 222 g/mol. The summed E-state index contributed by atoms with van der Waals surface area (Å²) in [4.78, 5) is 23.4. The normalized spacial score (nSPS) is 31.6. The van der Waals surface area contributed by atoms with E-state index in [1.54, 1.807) is 13.0 Å². The number of carbonyl (C=O) groups is 2. The molecule has 1 atom stereocenters. The molecule has 0 bridgehead atoms. The Bertz CT molecular complexity index is 339. The molecule has 2 saturated carbocycles. The van der Waals surface area contributed by atoms with Crippen molar-refractivity contribution in [3.05, 3.63) is 11.6 Å². The van der Waals surface area contributed by atoms with Crippen molar-refractivity contribution in [1.29, 1.82) is 0 Å². The van der Waals surface area contributed by atoms with Crippen molar-refractivity contribution < 1.29 is 14.3 Å². The summed E-state index contributed by atoms with van der Waals surface area (Å²) in [5.74, 6) is 0.0408. The third-order valence-electron chi connectivity index (χ3n) is 3.78. The molecule has 0 aliphatic heterocycles. The first-order chi connectivity index (χ1) is 7.69. The summed E-state index contributed by atoms with van der Waals surface area (Å²) < 4.78 is 4.92. The van der Waals surface area contributed by atoms with Crippen LogP contribution in [0.2, 0.25) is 0 Å². The van der Waals surface area contributed by atoms with E-state index in [4.69, 9.17) is 4.74 Å². The lowest BCUT2D eigenvalue weighted by atomic mass is 9.79. The predicted molar refractivity (Wildman–Crippen MR) is 59.9 cm³/mol. The van der Waals surface area contributed by atoms with E-state index in [9.17, 15) is 9.59 Å². The maximum Gasteiger partial charge on any atom is 0.330 e. The summed E-state index contributed by atoms with van der Waals surface area (Å²) in [7, 11) is 0. The highest BCUT2D eigenvalue weighted by molar-refractivity contribution is 5.93. The SMILES string of the molecule is CCOC(=O)/C=C1\CCCC12CCCC2=O. The van der Waals surface area contributed by atoms with Crippen LogP contribution in [0.1, 0.15) is 45.4 Å². The summed E-state index contributed by atoms with van der Waals surface area (Å²) in [5.41, 5.74) is 0.737. The number of esters is 1. The van der Waals surface area contributed by atoms with Crippen LogP contribution >= 0.6 is 0 Å². The molecule has 0 aromatic carbocycles. The van der Waals surface area contributed by atoms with E-state index >= 15 is 0 Å². The van der Waals surface area contributed by atoms with E-state index in [2.05, 4.69) is 0 Å². The number of hydrogen-bond acceptors (Lipinski definition) is 3. The molecule has 1 spiro atoms. The molecule has 0 amide bonds. The van der Waals surface area contributed by atoms with E-state index < -0.39 is 0 Å². The second-order valence-corrected chi connectivity index (χ2v) is 4.63. The molecular weight excluding hydrogens is 204 g/mol. The molecule has 16 heavy (non-hydrogen) atoms. The Morgan fingerprint density at radius 2 is 2.06 bits per heavy atom. The molecule has 3 nitrogen and oxygen atoms in total. The Balaban J connectivity index is 2.20. The van der Waals surface area contributed by atoms with Crippen LogP contribution in [0.3, 0.4) is 0 Å². The van der Waals surface area contributed by atoms with E-state index in [1.165, 1.54) is 0 Å². The van der Waals surface area contributed by atoms with Gasteiger partial charge >= 0.3 is 5.97 Å². The quantitative estimate of drug-likeness (QED) is 0.532. The largest absolute Gasteiger partial charge is 0.463 e. The molecule has 0 aromatic rings. The van der Waals surface area contributed by atoms with Gasteiger partial charge in [-0.15, -0.1) is 0 Å². The van der Waals surface area contributed by atoms with Gasteiger partial charge in [0.2, 0.25) is 0 Å². The molecule has 2 fully saturated rings. The minimum absolute atomic E-state index is 0.285. The molecule has 0 heterocycles. The Morgan fingerprint density at radius 3 is 2.69 bits per heavy atom. The van der Waals surface area contributed by atoms with Gasteiger partial charge < -0.3 is 4.74 Å². The lowest BCUT2D eigenvalue weighted by Crippen LogP contribution is -2.24. The highest BCUT2D eigenvalue weighted by atomic mass is 16.5. The van der Waals surface area contributed by atoms with Gasteiger partial charge in [0, 0.05) is 12.5 Å². The third-order valence-corrected chi connectivity index (χ3v) is 3.78. The van der Waals surface area contributed by atoms with Crippen LogP contribution in [0.4, 0.5) is 0 Å². The number of rotatable bonds is 2. The van der Waals surface area contributed by atoms with Gasteiger partial charge in [0.25, 0.3) is 0 Å². The van der Waals surface area contributed by atoms with Crippen LogP contribution in [0.15, 0.2) is 11.6 Å². The minimum atomic E-state index is -0.293. The van der Waals surface area contributed by atoms with Gasteiger partial charge in [-0.3, -0.25) is 4.79 Å². The van der Waals surface area contributed by atoms with Crippen molar-refractivity contribution >= 4 is 11.8 Å². The van der Waals surface area contributed by atoms with Gasteiger partial charge in [-0.2, -0.15) is 0 Å². The highest BCUT2D eigenvalue weighted by Gasteiger charge is 2.47. The molecule has 2 aliphatic rings. The highest BCUT2D eigenvalue weighted by Crippen LogP contribution is 2.51. The van der Waals surface area contributed by atoms with Gasteiger partial charge in [0.15, 0.2) is 0 Å². The zero-order chi connectivity index (χ0) is 11.6. The molecule has 2 aliphatic carbocycles. The van der Waals surface area contributed by atoms with Gasteiger partial charge in [-0.05, 0) is 44.6 Å². The van der Waals surface area contributed by atoms with Crippen molar-refractivity contribution in [3.63, 3.8) is 0 Å². The molecule has 0 radical (unpaired) electrons. The zero-order valence-electron chi connectivity index (χ0n) is 9.75. The Morgan fingerprint density at radius 1 is 1.38 bits per heavy atom. The summed E-state index contributed by atoms with van der Waals surface area (Å²) in [6.07, 6.45) is 6.98. The van der Waals surface area contributed by atoms with Crippen LogP contribution in [-0.4, -0.2) is 18.4 Å². The fourth-order valence-electron chi connectivity index (χ4n) is 3.05. The number of Topliss-reactive ketones (excluding diaryl/α,β-unsaturated/α-hetero) is 1. The van der Waals surface area contributed by atoms with Crippen LogP contribution in [0.25, 0.3) is 0 Å². The predicted octanol–water partition coefficient (Wildman–Crippen LogP) is 2.40. The van der Waals surface area contributed by atoms with Crippen LogP contribution in [0.5, 0.6) is 0 Å². The average Bonchev–Trinajstić information content (AvgIpc) is 2.78. The number of allylic oxidation sites excluding steroid dienone is 1. The number of ether oxygens (including phenoxy) is 1. The van der Waals surface area contributed by atoms with Crippen LogP contribution < -0.4 is 0 Å². The molecule has 0 aromatic heterocycles. The van der Waals surface area contributed by atoms with Crippen molar-refractivity contribution in [3.8, 4) is 0 Å². The lowest BCUT2D eigenvalue weighted by Gasteiger charge is -2.22. The summed E-state index contributed by atoms with van der Waals surface area (Å²) in [6, 6.07) is 0.